The minimum Gasteiger partial charge on any atom is -0.339 e. The lowest BCUT2D eigenvalue weighted by Gasteiger charge is -2.26. The number of anilines is 1. The van der Waals surface area contributed by atoms with Gasteiger partial charge in [-0.1, -0.05) is 0 Å². The van der Waals surface area contributed by atoms with E-state index in [9.17, 15) is 0 Å². The molecular formula is C9H9BrN4S. The molecule has 0 unspecified atom stereocenters. The van der Waals surface area contributed by atoms with E-state index in [2.05, 4.69) is 35.4 Å². The van der Waals surface area contributed by atoms with E-state index in [1.807, 2.05) is 17.8 Å². The van der Waals surface area contributed by atoms with Gasteiger partial charge in [-0.25, -0.2) is 9.97 Å². The molecule has 0 saturated heterocycles. The first-order chi connectivity index (χ1) is 7.33. The summed E-state index contributed by atoms with van der Waals surface area (Å²) in [5.74, 6) is 1.12. The Morgan fingerprint density at radius 1 is 1.40 bits per heavy atom. The second kappa shape index (κ2) is 3.61. The van der Waals surface area contributed by atoms with Crippen molar-refractivity contribution < 1.29 is 0 Å². The average Bonchev–Trinajstić information content (AvgIpc) is 2.84. The van der Waals surface area contributed by atoms with E-state index >= 15 is 0 Å². The number of fused-ring (bicyclic) bond motifs is 1. The van der Waals surface area contributed by atoms with Gasteiger partial charge in [0.25, 0.3) is 0 Å². The molecular weight excluding hydrogens is 276 g/mol. The number of imidazole rings is 1. The molecule has 3 rings (SSSR count). The van der Waals surface area contributed by atoms with Gasteiger partial charge in [0.1, 0.15) is 10.4 Å². The normalized spacial score (nSPS) is 15.4. The zero-order valence-corrected chi connectivity index (χ0v) is 10.3. The van der Waals surface area contributed by atoms with Crippen LogP contribution in [0.5, 0.6) is 0 Å². The third kappa shape index (κ3) is 1.68. The molecule has 0 atom stereocenters. The second-order valence-corrected chi connectivity index (χ2v) is 5.06. The van der Waals surface area contributed by atoms with Crippen LogP contribution in [-0.2, 0) is 13.1 Å². The molecule has 4 nitrogen and oxygen atoms in total. The van der Waals surface area contributed by atoms with E-state index in [-0.39, 0.29) is 0 Å². The van der Waals surface area contributed by atoms with E-state index in [1.54, 1.807) is 11.3 Å². The Balaban J connectivity index is 1.87. The number of nitrogens with zero attached hydrogens (tertiary/aromatic N) is 4. The third-order valence-electron chi connectivity index (χ3n) is 2.48. The smallest absolute Gasteiger partial charge is 0.186 e. The van der Waals surface area contributed by atoms with Crippen LogP contribution < -0.4 is 4.90 Å². The van der Waals surface area contributed by atoms with Gasteiger partial charge in [-0.3, -0.25) is 0 Å². The summed E-state index contributed by atoms with van der Waals surface area (Å²) >= 11 is 5.04. The van der Waals surface area contributed by atoms with Crippen molar-refractivity contribution in [1.82, 2.24) is 14.5 Å². The first-order valence-corrected chi connectivity index (χ1v) is 6.36. The lowest BCUT2D eigenvalue weighted by atomic mass is 10.4. The van der Waals surface area contributed by atoms with Gasteiger partial charge in [0.15, 0.2) is 5.13 Å². The summed E-state index contributed by atoms with van der Waals surface area (Å²) in [6.07, 6.45) is 3.89. The Kier molecular flexibility index (Phi) is 2.25. The summed E-state index contributed by atoms with van der Waals surface area (Å²) in [5.41, 5.74) is 0. The minimum absolute atomic E-state index is 0.854. The van der Waals surface area contributed by atoms with Gasteiger partial charge >= 0.3 is 0 Å². The van der Waals surface area contributed by atoms with Gasteiger partial charge in [0.05, 0.1) is 6.54 Å². The zero-order chi connectivity index (χ0) is 10.3. The minimum atomic E-state index is 0.854. The molecule has 2 aromatic rings. The molecule has 0 spiro atoms. The topological polar surface area (TPSA) is 34.0 Å². The van der Waals surface area contributed by atoms with Crippen molar-refractivity contribution in [2.45, 2.75) is 13.1 Å². The lowest BCUT2D eigenvalue weighted by Crippen LogP contribution is -2.33. The van der Waals surface area contributed by atoms with Crippen LogP contribution in [0.4, 0.5) is 5.13 Å². The molecule has 0 radical (unpaired) electrons. The Morgan fingerprint density at radius 2 is 2.33 bits per heavy atom. The molecule has 0 bridgehead atoms. The van der Waals surface area contributed by atoms with Crippen LogP contribution in [0, 0.1) is 0 Å². The lowest BCUT2D eigenvalue weighted by molar-refractivity contribution is 0.559. The van der Waals surface area contributed by atoms with Gasteiger partial charge in [-0.2, -0.15) is 0 Å². The largest absolute Gasteiger partial charge is 0.339 e. The molecule has 15 heavy (non-hydrogen) atoms. The molecule has 1 aliphatic rings. The first kappa shape index (κ1) is 9.35. The number of rotatable bonds is 1. The van der Waals surface area contributed by atoms with Crippen molar-refractivity contribution in [3.05, 3.63) is 28.2 Å². The van der Waals surface area contributed by atoms with Crippen LogP contribution in [0.2, 0.25) is 0 Å². The van der Waals surface area contributed by atoms with Gasteiger partial charge in [0, 0.05) is 30.9 Å². The number of hydrogen-bond donors (Lipinski definition) is 0. The Hall–Kier alpha value is -0.880. The Labute approximate surface area is 99.7 Å². The van der Waals surface area contributed by atoms with Crippen molar-refractivity contribution in [1.29, 1.82) is 0 Å². The first-order valence-electron chi connectivity index (χ1n) is 4.69. The number of aromatic nitrogens is 3. The molecule has 1 aliphatic heterocycles. The maximum Gasteiger partial charge on any atom is 0.186 e. The van der Waals surface area contributed by atoms with Gasteiger partial charge in [-0.05, 0) is 15.9 Å². The van der Waals surface area contributed by atoms with Crippen LogP contribution in [0.1, 0.15) is 5.82 Å². The molecule has 78 valence electrons. The fourth-order valence-electron chi connectivity index (χ4n) is 1.73. The van der Waals surface area contributed by atoms with Gasteiger partial charge in [0.2, 0.25) is 0 Å². The predicted octanol–water partition coefficient (Wildman–Crippen LogP) is 2.12. The zero-order valence-electron chi connectivity index (χ0n) is 7.93. The monoisotopic (exact) mass is 284 g/mol. The average molecular weight is 285 g/mol. The molecule has 0 saturated carbocycles. The van der Waals surface area contributed by atoms with E-state index in [0.29, 0.717) is 0 Å². The SMILES string of the molecule is Brc1csc(N2CCn3ccnc3C2)n1. The highest BCUT2D eigenvalue weighted by Gasteiger charge is 2.18. The summed E-state index contributed by atoms with van der Waals surface area (Å²) < 4.78 is 3.11. The Morgan fingerprint density at radius 3 is 3.13 bits per heavy atom. The third-order valence-corrected chi connectivity index (χ3v) is 4.09. The van der Waals surface area contributed by atoms with Crippen molar-refractivity contribution in [2.24, 2.45) is 0 Å². The summed E-state index contributed by atoms with van der Waals surface area (Å²) in [6, 6.07) is 0. The molecule has 0 amide bonds. The molecule has 0 N–H and O–H groups in total. The molecule has 0 aromatic carbocycles. The van der Waals surface area contributed by atoms with E-state index in [1.165, 1.54) is 0 Å². The summed E-state index contributed by atoms with van der Waals surface area (Å²) in [7, 11) is 0. The number of halogens is 1. The van der Waals surface area contributed by atoms with E-state index in [0.717, 1.165) is 35.2 Å². The van der Waals surface area contributed by atoms with Crippen LogP contribution in [-0.4, -0.2) is 21.1 Å². The highest BCUT2D eigenvalue weighted by Crippen LogP contribution is 2.26. The molecule has 2 aromatic heterocycles. The fraction of sp³-hybridized carbons (Fsp3) is 0.333. The maximum absolute atomic E-state index is 4.42. The molecule has 0 aliphatic carbocycles. The predicted molar refractivity (Wildman–Crippen MR) is 63.1 cm³/mol. The van der Waals surface area contributed by atoms with Crippen molar-refractivity contribution >= 4 is 32.4 Å². The molecule has 3 heterocycles. The van der Waals surface area contributed by atoms with Crippen LogP contribution in [0.15, 0.2) is 22.4 Å². The summed E-state index contributed by atoms with van der Waals surface area (Å²) in [4.78, 5) is 11.0. The highest BCUT2D eigenvalue weighted by atomic mass is 79.9. The van der Waals surface area contributed by atoms with Crippen molar-refractivity contribution in [3.63, 3.8) is 0 Å². The fourth-order valence-corrected chi connectivity index (χ4v) is 3.00. The van der Waals surface area contributed by atoms with E-state index in [4.69, 9.17) is 0 Å². The molecule has 6 heteroatoms. The van der Waals surface area contributed by atoms with Gasteiger partial charge < -0.3 is 9.47 Å². The molecule has 0 fully saturated rings. The standard InChI is InChI=1S/C9H9BrN4S/c10-7-6-15-9(12-7)14-4-3-13-2-1-11-8(13)5-14/h1-2,6H,3-5H2. The van der Waals surface area contributed by atoms with Gasteiger partial charge in [-0.15, -0.1) is 11.3 Å². The number of thiazole rings is 1. The highest BCUT2D eigenvalue weighted by molar-refractivity contribution is 9.10. The maximum atomic E-state index is 4.42. The van der Waals surface area contributed by atoms with E-state index < -0.39 is 0 Å². The number of hydrogen-bond acceptors (Lipinski definition) is 4. The second-order valence-electron chi connectivity index (χ2n) is 3.41. The van der Waals surface area contributed by atoms with Crippen molar-refractivity contribution in [2.75, 3.05) is 11.4 Å². The summed E-state index contributed by atoms with van der Waals surface area (Å²) in [6.45, 7) is 2.85. The van der Waals surface area contributed by atoms with Crippen LogP contribution in [0.25, 0.3) is 0 Å². The quantitative estimate of drug-likeness (QED) is 0.805. The summed E-state index contributed by atoms with van der Waals surface area (Å²) in [5, 5.41) is 3.08. The van der Waals surface area contributed by atoms with Crippen LogP contribution >= 0.6 is 27.3 Å². The Bertz CT molecular complexity index is 478. The van der Waals surface area contributed by atoms with Crippen LogP contribution in [0.3, 0.4) is 0 Å². The van der Waals surface area contributed by atoms with Crippen molar-refractivity contribution in [3.8, 4) is 0 Å².